The summed E-state index contributed by atoms with van der Waals surface area (Å²) in [6, 6.07) is 15.8. The molecule has 0 aliphatic heterocycles. The highest BCUT2D eigenvalue weighted by atomic mass is 14.8. The zero-order valence-corrected chi connectivity index (χ0v) is 10.8. The van der Waals surface area contributed by atoms with Crippen molar-refractivity contribution < 1.29 is 0 Å². The lowest BCUT2D eigenvalue weighted by molar-refractivity contribution is 1.33. The van der Waals surface area contributed by atoms with E-state index in [1.165, 1.54) is 0 Å². The van der Waals surface area contributed by atoms with E-state index < -0.39 is 0 Å². The molecule has 4 heteroatoms. The summed E-state index contributed by atoms with van der Waals surface area (Å²) < 4.78 is 0. The van der Waals surface area contributed by atoms with E-state index in [9.17, 15) is 0 Å². The average molecular weight is 262 g/mol. The van der Waals surface area contributed by atoms with Crippen LogP contribution in [0.1, 0.15) is 0 Å². The van der Waals surface area contributed by atoms with Gasteiger partial charge in [0.2, 0.25) is 0 Å². The zero-order chi connectivity index (χ0) is 13.9. The van der Waals surface area contributed by atoms with E-state index in [-0.39, 0.29) is 0 Å². The number of nitrogens with zero attached hydrogens (tertiary/aromatic N) is 2. The van der Waals surface area contributed by atoms with Crippen molar-refractivity contribution in [2.24, 2.45) is 0 Å². The van der Waals surface area contributed by atoms with Gasteiger partial charge in [-0.15, -0.1) is 0 Å². The number of hydrogen-bond acceptors (Lipinski definition) is 4. The lowest BCUT2D eigenvalue weighted by atomic mass is 10.0. The molecule has 4 nitrogen and oxygen atoms in total. The lowest BCUT2D eigenvalue weighted by Gasteiger charge is -2.06. The molecule has 0 aliphatic rings. The molecule has 0 bridgehead atoms. The molecule has 20 heavy (non-hydrogen) atoms. The topological polar surface area (TPSA) is 77.8 Å². The Morgan fingerprint density at radius 2 is 0.950 bits per heavy atom. The number of rotatable bonds is 2. The van der Waals surface area contributed by atoms with E-state index in [0.717, 1.165) is 22.3 Å². The molecule has 0 amide bonds. The van der Waals surface area contributed by atoms with Crippen LogP contribution in [0.15, 0.2) is 60.9 Å². The summed E-state index contributed by atoms with van der Waals surface area (Å²) in [7, 11) is 0. The van der Waals surface area contributed by atoms with Gasteiger partial charge in [-0.2, -0.15) is 0 Å². The second-order valence-electron chi connectivity index (χ2n) is 4.52. The number of hydrogen-bond donors (Lipinski definition) is 2. The van der Waals surface area contributed by atoms with E-state index in [4.69, 9.17) is 11.5 Å². The van der Waals surface area contributed by atoms with Crippen molar-refractivity contribution in [2.75, 3.05) is 11.5 Å². The third kappa shape index (κ3) is 2.44. The maximum absolute atomic E-state index is 5.70. The van der Waals surface area contributed by atoms with Crippen LogP contribution < -0.4 is 11.5 Å². The Hall–Kier alpha value is -2.88. The summed E-state index contributed by atoms with van der Waals surface area (Å²) in [6.45, 7) is 0. The summed E-state index contributed by atoms with van der Waals surface area (Å²) in [6.07, 6.45) is 3.42. The first-order valence-corrected chi connectivity index (χ1v) is 6.26. The Balaban J connectivity index is 1.96. The first-order valence-electron chi connectivity index (χ1n) is 6.26. The Labute approximate surface area is 117 Å². The van der Waals surface area contributed by atoms with Crippen LogP contribution in [0.2, 0.25) is 0 Å². The minimum Gasteiger partial charge on any atom is -0.384 e. The number of pyridine rings is 2. The molecule has 0 radical (unpaired) electrons. The molecule has 0 fully saturated rings. The van der Waals surface area contributed by atoms with Crippen molar-refractivity contribution in [1.29, 1.82) is 0 Å². The number of nitrogens with two attached hydrogens (primary N) is 2. The Kier molecular flexibility index (Phi) is 3.05. The van der Waals surface area contributed by atoms with Gasteiger partial charge < -0.3 is 11.5 Å². The van der Waals surface area contributed by atoms with Crippen LogP contribution in [-0.2, 0) is 0 Å². The van der Waals surface area contributed by atoms with Crippen molar-refractivity contribution in [3.8, 4) is 22.3 Å². The van der Waals surface area contributed by atoms with Crippen LogP contribution in [0.3, 0.4) is 0 Å². The van der Waals surface area contributed by atoms with Gasteiger partial charge in [0, 0.05) is 12.4 Å². The van der Waals surface area contributed by atoms with Gasteiger partial charge in [-0.25, -0.2) is 9.97 Å². The smallest absolute Gasteiger partial charge is 0.123 e. The highest BCUT2D eigenvalue weighted by Gasteiger charge is 2.01. The van der Waals surface area contributed by atoms with Crippen molar-refractivity contribution in [3.63, 3.8) is 0 Å². The van der Waals surface area contributed by atoms with Gasteiger partial charge in [0.25, 0.3) is 0 Å². The molecule has 0 spiro atoms. The van der Waals surface area contributed by atoms with Crippen LogP contribution in [-0.4, -0.2) is 9.97 Å². The molecule has 0 saturated carbocycles. The number of anilines is 2. The monoisotopic (exact) mass is 262 g/mol. The van der Waals surface area contributed by atoms with Gasteiger partial charge in [0.15, 0.2) is 0 Å². The highest BCUT2D eigenvalue weighted by Crippen LogP contribution is 2.25. The molecule has 3 aromatic rings. The zero-order valence-electron chi connectivity index (χ0n) is 10.8. The van der Waals surface area contributed by atoms with Crippen LogP contribution in [0.25, 0.3) is 22.3 Å². The highest BCUT2D eigenvalue weighted by molar-refractivity contribution is 5.72. The van der Waals surface area contributed by atoms with Crippen molar-refractivity contribution >= 4 is 11.6 Å². The first-order chi connectivity index (χ1) is 9.72. The normalized spacial score (nSPS) is 10.4. The maximum Gasteiger partial charge on any atom is 0.123 e. The molecule has 0 atom stereocenters. The molecular weight excluding hydrogens is 248 g/mol. The van der Waals surface area contributed by atoms with E-state index >= 15 is 0 Å². The second kappa shape index (κ2) is 5.01. The molecular formula is C16H14N4. The second-order valence-corrected chi connectivity index (χ2v) is 4.52. The fourth-order valence-electron chi connectivity index (χ4n) is 2.11. The van der Waals surface area contributed by atoms with Crippen LogP contribution in [0.5, 0.6) is 0 Å². The average Bonchev–Trinajstić information content (AvgIpc) is 2.47. The predicted molar refractivity (Wildman–Crippen MR) is 81.7 cm³/mol. The predicted octanol–water partition coefficient (Wildman–Crippen LogP) is 2.98. The minimum atomic E-state index is 0.522. The van der Waals surface area contributed by atoms with Crippen LogP contribution in [0.4, 0.5) is 11.6 Å². The van der Waals surface area contributed by atoms with E-state index in [0.29, 0.717) is 11.6 Å². The Bertz CT molecular complexity index is 671. The molecule has 2 aromatic heterocycles. The first kappa shape index (κ1) is 12.2. The molecule has 2 heterocycles. The van der Waals surface area contributed by atoms with Gasteiger partial charge in [-0.05, 0) is 46.5 Å². The van der Waals surface area contributed by atoms with Gasteiger partial charge in [0.1, 0.15) is 11.6 Å². The lowest BCUT2D eigenvalue weighted by Crippen LogP contribution is -1.90. The summed E-state index contributed by atoms with van der Waals surface area (Å²) in [4.78, 5) is 7.99. The molecule has 1 aromatic carbocycles. The minimum absolute atomic E-state index is 0.522. The quantitative estimate of drug-likeness (QED) is 0.744. The molecule has 3 rings (SSSR count). The fraction of sp³-hybridized carbons (Fsp3) is 0. The third-order valence-electron chi connectivity index (χ3n) is 3.11. The van der Waals surface area contributed by atoms with Crippen LogP contribution in [0, 0.1) is 0 Å². The summed E-state index contributed by atoms with van der Waals surface area (Å²) in [5.74, 6) is 1.04. The SMILES string of the molecule is Nc1cc(-c2ccc(-c3ccnc(N)c3)cc2)ccn1. The van der Waals surface area contributed by atoms with Gasteiger partial charge in [0.05, 0.1) is 0 Å². The Morgan fingerprint density at radius 3 is 1.30 bits per heavy atom. The summed E-state index contributed by atoms with van der Waals surface area (Å²) >= 11 is 0. The van der Waals surface area contributed by atoms with E-state index in [1.54, 1.807) is 12.4 Å². The van der Waals surface area contributed by atoms with Gasteiger partial charge in [-0.3, -0.25) is 0 Å². The molecule has 0 aliphatic carbocycles. The molecule has 98 valence electrons. The molecule has 0 unspecified atom stereocenters. The van der Waals surface area contributed by atoms with Crippen LogP contribution >= 0.6 is 0 Å². The van der Waals surface area contributed by atoms with Gasteiger partial charge in [-0.1, -0.05) is 24.3 Å². The maximum atomic E-state index is 5.70. The number of benzene rings is 1. The summed E-state index contributed by atoms with van der Waals surface area (Å²) in [5.41, 5.74) is 15.7. The molecule has 4 N–H and O–H groups in total. The van der Waals surface area contributed by atoms with Crippen molar-refractivity contribution in [2.45, 2.75) is 0 Å². The van der Waals surface area contributed by atoms with Crippen molar-refractivity contribution in [1.82, 2.24) is 9.97 Å². The Morgan fingerprint density at radius 1 is 0.550 bits per heavy atom. The molecule has 0 saturated heterocycles. The fourth-order valence-corrected chi connectivity index (χ4v) is 2.11. The van der Waals surface area contributed by atoms with Gasteiger partial charge >= 0.3 is 0 Å². The van der Waals surface area contributed by atoms with Crippen molar-refractivity contribution in [3.05, 3.63) is 60.9 Å². The summed E-state index contributed by atoms with van der Waals surface area (Å²) in [5, 5.41) is 0. The standard InChI is InChI=1S/C16H14N4/c17-15-9-13(5-7-19-15)11-1-2-12(4-3-11)14-6-8-20-16(18)10-14/h1-10H,(H2,17,19)(H2,18,20). The largest absolute Gasteiger partial charge is 0.384 e. The number of aromatic nitrogens is 2. The third-order valence-corrected chi connectivity index (χ3v) is 3.11. The van der Waals surface area contributed by atoms with E-state index in [1.807, 2.05) is 24.3 Å². The number of nitrogen functional groups attached to an aromatic ring is 2. The van der Waals surface area contributed by atoms with E-state index in [2.05, 4.69) is 34.2 Å².